The number of hydrogen-bond donors (Lipinski definition) is 1. The standard InChI is InChI=1S/C21H30N2O5Si/c1-12(28-29(6,7)21(2,3)4)18-14(22-19(18)25)11-16(24)13-8-9-17-15(10-13)23(5)20(26)27-17/h8-10,12,14,18H,11H2,1-7H3,(H,22,25)/t12-,14+,18+/m0/s1. The molecule has 1 aromatic carbocycles. The third-order valence-corrected chi connectivity index (χ3v) is 10.9. The van der Waals surface area contributed by atoms with Crippen LogP contribution in [0.15, 0.2) is 27.4 Å². The molecule has 1 N–H and O–H groups in total. The van der Waals surface area contributed by atoms with Crippen LogP contribution < -0.4 is 11.1 Å². The number of amides is 1. The minimum Gasteiger partial charge on any atom is -0.413 e. The van der Waals surface area contributed by atoms with Crippen LogP contribution in [0, 0.1) is 5.92 Å². The summed E-state index contributed by atoms with van der Waals surface area (Å²) in [6, 6.07) is 4.69. The van der Waals surface area contributed by atoms with Gasteiger partial charge in [0.05, 0.1) is 23.6 Å². The number of nitrogens with zero attached hydrogens (tertiary/aromatic N) is 1. The van der Waals surface area contributed by atoms with Crippen LogP contribution in [0.5, 0.6) is 0 Å². The van der Waals surface area contributed by atoms with Gasteiger partial charge in [0.1, 0.15) is 0 Å². The second kappa shape index (κ2) is 7.25. The average Bonchev–Trinajstić information content (AvgIpc) is 2.86. The van der Waals surface area contributed by atoms with E-state index in [4.69, 9.17) is 8.84 Å². The minimum absolute atomic E-state index is 0.0444. The maximum absolute atomic E-state index is 12.8. The smallest absolute Gasteiger partial charge is 0.413 e. The van der Waals surface area contributed by atoms with Crippen LogP contribution in [0.4, 0.5) is 0 Å². The Morgan fingerprint density at radius 2 is 1.97 bits per heavy atom. The summed E-state index contributed by atoms with van der Waals surface area (Å²) in [6.07, 6.45) is -0.0570. The van der Waals surface area contributed by atoms with Crippen molar-refractivity contribution in [2.75, 3.05) is 0 Å². The van der Waals surface area contributed by atoms with Crippen molar-refractivity contribution in [1.29, 1.82) is 0 Å². The van der Waals surface area contributed by atoms with E-state index in [1.54, 1.807) is 25.2 Å². The molecule has 1 saturated heterocycles. The van der Waals surface area contributed by atoms with Gasteiger partial charge in [-0.05, 0) is 43.3 Å². The molecule has 1 fully saturated rings. The number of ketones is 1. The fraction of sp³-hybridized carbons (Fsp3) is 0.571. The second-order valence-corrected chi connectivity index (χ2v) is 14.2. The van der Waals surface area contributed by atoms with Crippen molar-refractivity contribution < 1.29 is 18.4 Å². The van der Waals surface area contributed by atoms with Crippen LogP contribution in [-0.2, 0) is 16.3 Å². The largest absolute Gasteiger partial charge is 0.419 e. The number of benzene rings is 1. The second-order valence-electron chi connectivity index (χ2n) is 9.46. The van der Waals surface area contributed by atoms with Crippen molar-refractivity contribution in [3.05, 3.63) is 34.3 Å². The van der Waals surface area contributed by atoms with E-state index in [9.17, 15) is 14.4 Å². The van der Waals surface area contributed by atoms with Gasteiger partial charge < -0.3 is 14.2 Å². The maximum Gasteiger partial charge on any atom is 0.419 e. The zero-order valence-electron chi connectivity index (χ0n) is 18.2. The summed E-state index contributed by atoms with van der Waals surface area (Å²) < 4.78 is 12.9. The molecule has 3 rings (SSSR count). The van der Waals surface area contributed by atoms with E-state index < -0.39 is 14.1 Å². The summed E-state index contributed by atoms with van der Waals surface area (Å²) in [6.45, 7) is 12.7. The van der Waals surface area contributed by atoms with Gasteiger partial charge in [-0.2, -0.15) is 0 Å². The van der Waals surface area contributed by atoms with Gasteiger partial charge in [0.15, 0.2) is 19.7 Å². The highest BCUT2D eigenvalue weighted by molar-refractivity contribution is 6.74. The highest BCUT2D eigenvalue weighted by Gasteiger charge is 2.47. The van der Waals surface area contributed by atoms with Gasteiger partial charge in [0.25, 0.3) is 0 Å². The van der Waals surface area contributed by atoms with E-state index in [1.807, 2.05) is 6.92 Å². The summed E-state index contributed by atoms with van der Waals surface area (Å²) in [7, 11) is -0.417. The molecule has 0 aliphatic carbocycles. The number of hydrogen-bond acceptors (Lipinski definition) is 5. The topological polar surface area (TPSA) is 90.5 Å². The number of oxazole rings is 1. The molecule has 1 aliphatic rings. The van der Waals surface area contributed by atoms with Crippen molar-refractivity contribution in [2.24, 2.45) is 13.0 Å². The minimum atomic E-state index is -2.02. The van der Waals surface area contributed by atoms with Crippen molar-refractivity contribution in [3.63, 3.8) is 0 Å². The Kier molecular flexibility index (Phi) is 5.38. The van der Waals surface area contributed by atoms with Crippen LogP contribution in [0.1, 0.15) is 44.5 Å². The Labute approximate surface area is 171 Å². The van der Waals surface area contributed by atoms with Crippen LogP contribution in [0.3, 0.4) is 0 Å². The first kappa shape index (κ1) is 21.5. The van der Waals surface area contributed by atoms with Crippen molar-refractivity contribution in [1.82, 2.24) is 9.88 Å². The lowest BCUT2D eigenvalue weighted by molar-refractivity contribution is -0.139. The molecule has 3 atom stereocenters. The van der Waals surface area contributed by atoms with E-state index in [2.05, 4.69) is 39.2 Å². The molecule has 2 heterocycles. The van der Waals surface area contributed by atoms with E-state index in [0.717, 1.165) is 0 Å². The lowest BCUT2D eigenvalue weighted by Crippen LogP contribution is -2.64. The Morgan fingerprint density at radius 1 is 1.31 bits per heavy atom. The molecule has 0 saturated carbocycles. The van der Waals surface area contributed by atoms with Gasteiger partial charge in [0.2, 0.25) is 5.91 Å². The predicted molar refractivity (Wildman–Crippen MR) is 114 cm³/mol. The lowest BCUT2D eigenvalue weighted by atomic mass is 9.82. The molecule has 8 heteroatoms. The lowest BCUT2D eigenvalue weighted by Gasteiger charge is -2.45. The van der Waals surface area contributed by atoms with E-state index in [1.165, 1.54) is 4.57 Å². The first-order valence-electron chi connectivity index (χ1n) is 9.93. The monoisotopic (exact) mass is 418 g/mol. The molecule has 1 aromatic heterocycles. The number of rotatable bonds is 6. The first-order valence-corrected chi connectivity index (χ1v) is 12.8. The van der Waals surface area contributed by atoms with Gasteiger partial charge in [-0.3, -0.25) is 14.2 Å². The molecule has 2 aromatic rings. The van der Waals surface area contributed by atoms with Crippen LogP contribution in [0.25, 0.3) is 11.1 Å². The SMILES string of the molecule is C[C@H](O[Si](C)(C)C(C)(C)C)[C@H]1C(=O)N[C@@H]1CC(=O)c1ccc2oc(=O)n(C)c2c1. The van der Waals surface area contributed by atoms with Gasteiger partial charge in [0, 0.05) is 19.0 Å². The van der Waals surface area contributed by atoms with Gasteiger partial charge in [-0.1, -0.05) is 20.8 Å². The van der Waals surface area contributed by atoms with E-state index in [0.29, 0.717) is 16.7 Å². The molecule has 29 heavy (non-hydrogen) atoms. The first-order chi connectivity index (χ1) is 13.3. The summed E-state index contributed by atoms with van der Waals surface area (Å²) >= 11 is 0. The number of nitrogens with one attached hydrogen (secondary N) is 1. The summed E-state index contributed by atoms with van der Waals surface area (Å²) in [5, 5.41) is 2.90. The van der Waals surface area contributed by atoms with Crippen LogP contribution in [-0.4, -0.2) is 36.7 Å². The molecular formula is C21H30N2O5Si. The van der Waals surface area contributed by atoms with Crippen LogP contribution in [0.2, 0.25) is 18.1 Å². The summed E-state index contributed by atoms with van der Waals surface area (Å²) in [4.78, 5) is 36.7. The number of aryl methyl sites for hydroxylation is 1. The highest BCUT2D eigenvalue weighted by atomic mass is 28.4. The Hall–Kier alpha value is -2.19. The number of carbonyl (C=O) groups is 2. The van der Waals surface area contributed by atoms with Crippen molar-refractivity contribution >= 4 is 31.1 Å². The van der Waals surface area contributed by atoms with Crippen molar-refractivity contribution in [3.8, 4) is 0 Å². The molecule has 0 spiro atoms. The zero-order chi connectivity index (χ0) is 21.7. The quantitative estimate of drug-likeness (QED) is 0.442. The predicted octanol–water partition coefficient (Wildman–Crippen LogP) is 3.23. The molecular weight excluding hydrogens is 388 g/mol. The third-order valence-electron chi connectivity index (χ3n) is 6.38. The molecule has 0 radical (unpaired) electrons. The molecule has 1 amide bonds. The van der Waals surface area contributed by atoms with Gasteiger partial charge in [-0.25, -0.2) is 4.79 Å². The molecule has 0 bridgehead atoms. The molecule has 158 valence electrons. The Morgan fingerprint density at radius 3 is 2.55 bits per heavy atom. The normalized spacial score (nSPS) is 21.0. The van der Waals surface area contributed by atoms with E-state index in [-0.39, 0.29) is 41.2 Å². The summed E-state index contributed by atoms with van der Waals surface area (Å²) in [5.41, 5.74) is 1.51. The Balaban J connectivity index is 1.73. The molecule has 1 aliphatic heterocycles. The number of β-lactam (4-membered cyclic amide) rings is 1. The molecule has 0 unspecified atom stereocenters. The number of Topliss-reactive ketones (excluding diaryl/α,β-unsaturated/α-hetero) is 1. The third kappa shape index (κ3) is 3.96. The van der Waals surface area contributed by atoms with Gasteiger partial charge in [-0.15, -0.1) is 0 Å². The summed E-state index contributed by atoms with van der Waals surface area (Å²) in [5.74, 6) is -0.959. The number of aromatic nitrogens is 1. The highest BCUT2D eigenvalue weighted by Crippen LogP contribution is 2.39. The number of carbonyl (C=O) groups excluding carboxylic acids is 2. The zero-order valence-corrected chi connectivity index (χ0v) is 19.2. The van der Waals surface area contributed by atoms with E-state index >= 15 is 0 Å². The van der Waals surface area contributed by atoms with Gasteiger partial charge >= 0.3 is 5.76 Å². The Bertz CT molecular complexity index is 1010. The maximum atomic E-state index is 12.8. The fourth-order valence-electron chi connectivity index (χ4n) is 3.51. The average molecular weight is 419 g/mol. The van der Waals surface area contributed by atoms with Crippen molar-refractivity contribution in [2.45, 2.75) is 64.4 Å². The van der Waals surface area contributed by atoms with Crippen LogP contribution >= 0.6 is 0 Å². The number of fused-ring (bicyclic) bond motifs is 1. The fourth-order valence-corrected chi connectivity index (χ4v) is 4.94. The molecule has 7 nitrogen and oxygen atoms in total.